The first-order valence-electron chi connectivity index (χ1n) is 4.63. The fraction of sp³-hybridized carbons (Fsp3) is 0.778. The van der Waals surface area contributed by atoms with E-state index in [-0.39, 0.29) is 17.5 Å². The number of hydrogen-bond donors (Lipinski definition) is 0. The monoisotopic (exact) mass is 182 g/mol. The average Bonchev–Trinajstić information content (AvgIpc) is 2.39. The first-order chi connectivity index (χ1) is 6.05. The highest BCUT2D eigenvalue weighted by molar-refractivity contribution is 5.85. The Morgan fingerprint density at radius 2 is 1.92 bits per heavy atom. The van der Waals surface area contributed by atoms with E-state index in [1.807, 2.05) is 11.8 Å². The van der Waals surface area contributed by atoms with E-state index in [1.165, 1.54) is 0 Å². The average molecular weight is 182 g/mol. The first kappa shape index (κ1) is 8.53. The summed E-state index contributed by atoms with van der Waals surface area (Å²) in [6.07, 6.45) is 1.82. The Morgan fingerprint density at radius 3 is 2.62 bits per heavy atom. The Bertz CT molecular complexity index is 275. The summed E-state index contributed by atoms with van der Waals surface area (Å²) in [5.74, 6) is 0.329. The van der Waals surface area contributed by atoms with Crippen molar-refractivity contribution in [1.29, 1.82) is 0 Å². The van der Waals surface area contributed by atoms with Gasteiger partial charge in [0.25, 0.3) is 0 Å². The Hall–Kier alpha value is -1.06. The summed E-state index contributed by atoms with van der Waals surface area (Å²) in [5, 5.41) is 0. The van der Waals surface area contributed by atoms with Crippen molar-refractivity contribution < 1.29 is 9.59 Å². The van der Waals surface area contributed by atoms with Crippen LogP contribution in [0.15, 0.2) is 0 Å². The Kier molecular flexibility index (Phi) is 1.62. The lowest BCUT2D eigenvalue weighted by Gasteiger charge is -2.46. The summed E-state index contributed by atoms with van der Waals surface area (Å²) in [5.41, 5.74) is -0.341. The van der Waals surface area contributed by atoms with Crippen LogP contribution in [-0.2, 0) is 9.59 Å². The van der Waals surface area contributed by atoms with Gasteiger partial charge in [0, 0.05) is 26.4 Å². The van der Waals surface area contributed by atoms with Gasteiger partial charge in [0.15, 0.2) is 0 Å². The minimum absolute atomic E-state index is 0.147. The van der Waals surface area contributed by atoms with Crippen molar-refractivity contribution in [1.82, 2.24) is 9.80 Å². The highest BCUT2D eigenvalue weighted by atomic mass is 16.2. The van der Waals surface area contributed by atoms with E-state index in [0.29, 0.717) is 19.4 Å². The van der Waals surface area contributed by atoms with Crippen LogP contribution in [0.1, 0.15) is 26.2 Å². The topological polar surface area (TPSA) is 40.6 Å². The van der Waals surface area contributed by atoms with Crippen LogP contribution in [0.4, 0.5) is 0 Å². The zero-order valence-electron chi connectivity index (χ0n) is 8.04. The summed E-state index contributed by atoms with van der Waals surface area (Å²) in [7, 11) is 1.78. The lowest BCUT2D eigenvalue weighted by Crippen LogP contribution is -2.61. The Morgan fingerprint density at radius 1 is 1.23 bits per heavy atom. The smallest absolute Gasteiger partial charge is 0.225 e. The molecule has 1 atom stereocenters. The van der Waals surface area contributed by atoms with Gasteiger partial charge in [-0.25, -0.2) is 0 Å². The van der Waals surface area contributed by atoms with E-state index in [0.717, 1.165) is 6.42 Å². The third kappa shape index (κ3) is 0.975. The van der Waals surface area contributed by atoms with Gasteiger partial charge in [-0.3, -0.25) is 9.59 Å². The van der Waals surface area contributed by atoms with Crippen LogP contribution < -0.4 is 0 Å². The summed E-state index contributed by atoms with van der Waals surface area (Å²) < 4.78 is 0. The van der Waals surface area contributed by atoms with Gasteiger partial charge >= 0.3 is 0 Å². The van der Waals surface area contributed by atoms with E-state index < -0.39 is 0 Å². The molecule has 4 nitrogen and oxygen atoms in total. The summed E-state index contributed by atoms with van der Waals surface area (Å²) in [6.45, 7) is 2.56. The molecule has 2 aliphatic heterocycles. The fourth-order valence-electron chi connectivity index (χ4n) is 2.24. The van der Waals surface area contributed by atoms with Crippen molar-refractivity contribution in [2.45, 2.75) is 31.8 Å². The molecule has 0 N–H and O–H groups in total. The zero-order valence-corrected chi connectivity index (χ0v) is 8.04. The third-order valence-corrected chi connectivity index (χ3v) is 3.34. The number of carbonyl (C=O) groups is 2. The maximum absolute atomic E-state index is 11.5. The van der Waals surface area contributed by atoms with Gasteiger partial charge in [-0.15, -0.1) is 0 Å². The lowest BCUT2D eigenvalue weighted by atomic mass is 10.0. The first-order valence-corrected chi connectivity index (χ1v) is 4.63. The van der Waals surface area contributed by atoms with Gasteiger partial charge in [-0.1, -0.05) is 0 Å². The molecule has 0 aromatic heterocycles. The molecule has 2 rings (SSSR count). The van der Waals surface area contributed by atoms with Crippen LogP contribution in [0.25, 0.3) is 0 Å². The Labute approximate surface area is 77.5 Å². The number of carbonyl (C=O) groups excluding carboxylic acids is 2. The molecule has 13 heavy (non-hydrogen) atoms. The molecule has 1 unspecified atom stereocenters. The molecule has 2 aliphatic rings. The minimum Gasteiger partial charge on any atom is -0.323 e. The standard InChI is InChI=1S/C9H14N2O2/c1-9-5-3-8(13)11(9)6-4-7(12)10(9)2/h3-6H2,1-2H3. The molecule has 0 radical (unpaired) electrons. The molecule has 0 aromatic rings. The van der Waals surface area contributed by atoms with Crippen LogP contribution in [0.5, 0.6) is 0 Å². The van der Waals surface area contributed by atoms with E-state index in [1.54, 1.807) is 11.9 Å². The van der Waals surface area contributed by atoms with Crippen molar-refractivity contribution in [3.63, 3.8) is 0 Å². The zero-order chi connectivity index (χ0) is 9.64. The molecule has 2 saturated heterocycles. The number of nitrogens with zero attached hydrogens (tertiary/aromatic N) is 2. The number of hydrogen-bond acceptors (Lipinski definition) is 2. The SMILES string of the molecule is CN1C(=O)CCN2C(=O)CCC12C. The normalized spacial score (nSPS) is 34.0. The maximum Gasteiger partial charge on any atom is 0.225 e. The molecule has 2 amide bonds. The molecule has 4 heteroatoms. The number of amides is 2. The molecular formula is C9H14N2O2. The van der Waals surface area contributed by atoms with Gasteiger partial charge in [0.2, 0.25) is 11.8 Å². The molecule has 0 saturated carbocycles. The predicted molar refractivity (Wildman–Crippen MR) is 46.7 cm³/mol. The van der Waals surface area contributed by atoms with Gasteiger partial charge in [0.05, 0.1) is 0 Å². The molecule has 0 spiro atoms. The molecule has 0 bridgehead atoms. The summed E-state index contributed by atoms with van der Waals surface area (Å²) in [4.78, 5) is 26.4. The maximum atomic E-state index is 11.5. The van der Waals surface area contributed by atoms with E-state index in [2.05, 4.69) is 0 Å². The van der Waals surface area contributed by atoms with Gasteiger partial charge < -0.3 is 9.80 Å². The van der Waals surface area contributed by atoms with Gasteiger partial charge in [0.1, 0.15) is 5.66 Å². The number of rotatable bonds is 0. The van der Waals surface area contributed by atoms with Gasteiger partial charge in [-0.2, -0.15) is 0 Å². The van der Waals surface area contributed by atoms with Crippen LogP contribution in [0.3, 0.4) is 0 Å². The molecule has 0 aromatic carbocycles. The second kappa shape index (κ2) is 2.47. The fourth-order valence-corrected chi connectivity index (χ4v) is 2.24. The minimum atomic E-state index is -0.341. The Balaban J connectivity index is 2.33. The van der Waals surface area contributed by atoms with E-state index in [9.17, 15) is 9.59 Å². The van der Waals surface area contributed by atoms with Crippen LogP contribution in [0.2, 0.25) is 0 Å². The highest BCUT2D eigenvalue weighted by Gasteiger charge is 2.48. The predicted octanol–water partition coefficient (Wildman–Crippen LogP) is 0.187. The van der Waals surface area contributed by atoms with E-state index >= 15 is 0 Å². The highest BCUT2D eigenvalue weighted by Crippen LogP contribution is 2.35. The van der Waals surface area contributed by atoms with Crippen LogP contribution >= 0.6 is 0 Å². The quantitative estimate of drug-likeness (QED) is 0.536. The van der Waals surface area contributed by atoms with E-state index in [4.69, 9.17) is 0 Å². The van der Waals surface area contributed by atoms with Crippen molar-refractivity contribution in [3.8, 4) is 0 Å². The second-order valence-corrected chi connectivity index (χ2v) is 3.97. The largest absolute Gasteiger partial charge is 0.323 e. The lowest BCUT2D eigenvalue weighted by molar-refractivity contribution is -0.155. The number of fused-ring (bicyclic) bond motifs is 1. The molecule has 0 aliphatic carbocycles. The van der Waals surface area contributed by atoms with Crippen molar-refractivity contribution >= 4 is 11.8 Å². The molecular weight excluding hydrogens is 168 g/mol. The summed E-state index contributed by atoms with van der Waals surface area (Å²) >= 11 is 0. The molecule has 72 valence electrons. The van der Waals surface area contributed by atoms with Crippen molar-refractivity contribution in [3.05, 3.63) is 0 Å². The molecule has 2 heterocycles. The molecule has 2 fully saturated rings. The van der Waals surface area contributed by atoms with Crippen molar-refractivity contribution in [2.75, 3.05) is 13.6 Å². The summed E-state index contributed by atoms with van der Waals surface area (Å²) in [6, 6.07) is 0. The van der Waals surface area contributed by atoms with Crippen molar-refractivity contribution in [2.24, 2.45) is 0 Å². The second-order valence-electron chi connectivity index (χ2n) is 3.97. The van der Waals surface area contributed by atoms with Gasteiger partial charge in [-0.05, 0) is 13.3 Å². The third-order valence-electron chi connectivity index (χ3n) is 3.34. The van der Waals surface area contributed by atoms with Crippen LogP contribution in [-0.4, -0.2) is 40.9 Å². The van der Waals surface area contributed by atoms with Crippen LogP contribution in [0, 0.1) is 0 Å².